The Morgan fingerprint density at radius 1 is 1.00 bits per heavy atom. The van der Waals surface area contributed by atoms with Crippen LogP contribution in [0, 0.1) is 5.82 Å². The van der Waals surface area contributed by atoms with Crippen LogP contribution in [0.15, 0.2) is 36.4 Å². The molecule has 0 radical (unpaired) electrons. The van der Waals surface area contributed by atoms with Crippen LogP contribution in [-0.2, 0) is 24.5 Å². The lowest BCUT2D eigenvalue weighted by atomic mass is 10.1. The van der Waals surface area contributed by atoms with E-state index in [1.807, 2.05) is 18.2 Å². The lowest BCUT2D eigenvalue weighted by molar-refractivity contribution is 0.104. The second-order valence-corrected chi connectivity index (χ2v) is 4.81. The van der Waals surface area contributed by atoms with Crippen LogP contribution in [0.1, 0.15) is 16.7 Å². The molecule has 0 spiro atoms. The molecule has 4 nitrogen and oxygen atoms in total. The lowest BCUT2D eigenvalue weighted by Crippen LogP contribution is -2.01. The molecule has 1 heterocycles. The molecule has 2 aromatic carbocycles. The number of hydrogen-bond acceptors (Lipinski definition) is 4. The Morgan fingerprint density at radius 3 is 2.67 bits per heavy atom. The van der Waals surface area contributed by atoms with Crippen LogP contribution < -0.4 is 15.2 Å². The zero-order valence-corrected chi connectivity index (χ0v) is 11.5. The van der Waals surface area contributed by atoms with E-state index >= 15 is 0 Å². The van der Waals surface area contributed by atoms with Crippen molar-refractivity contribution in [1.29, 1.82) is 0 Å². The standard InChI is InChI=1S/C16H16FNO3/c17-14-3-1-11(7-18)5-13(14)9-19-8-12-2-4-15-16(6-12)21-10-20-15/h1-6H,7-10,18H2. The molecule has 3 rings (SSSR count). The summed E-state index contributed by atoms with van der Waals surface area (Å²) < 4.78 is 29.8. The smallest absolute Gasteiger partial charge is 0.231 e. The third kappa shape index (κ3) is 3.15. The highest BCUT2D eigenvalue weighted by Gasteiger charge is 2.13. The van der Waals surface area contributed by atoms with Crippen LogP contribution in [0.3, 0.4) is 0 Å². The highest BCUT2D eigenvalue weighted by Crippen LogP contribution is 2.32. The predicted molar refractivity (Wildman–Crippen MR) is 75.3 cm³/mol. The van der Waals surface area contributed by atoms with E-state index in [0.29, 0.717) is 24.5 Å². The van der Waals surface area contributed by atoms with E-state index in [2.05, 4.69) is 0 Å². The minimum Gasteiger partial charge on any atom is -0.454 e. The van der Waals surface area contributed by atoms with Crippen LogP contribution in [0.4, 0.5) is 4.39 Å². The molecule has 0 aromatic heterocycles. The van der Waals surface area contributed by atoms with Gasteiger partial charge in [-0.3, -0.25) is 0 Å². The fraction of sp³-hybridized carbons (Fsp3) is 0.250. The van der Waals surface area contributed by atoms with E-state index in [1.54, 1.807) is 12.1 Å². The maximum Gasteiger partial charge on any atom is 0.231 e. The van der Waals surface area contributed by atoms with Gasteiger partial charge in [0.15, 0.2) is 11.5 Å². The van der Waals surface area contributed by atoms with Crippen molar-refractivity contribution in [3.63, 3.8) is 0 Å². The second-order valence-electron chi connectivity index (χ2n) is 4.81. The normalized spacial score (nSPS) is 12.7. The molecule has 0 atom stereocenters. The van der Waals surface area contributed by atoms with Crippen LogP contribution >= 0.6 is 0 Å². The first-order chi connectivity index (χ1) is 10.3. The quantitative estimate of drug-likeness (QED) is 0.919. The SMILES string of the molecule is NCc1ccc(F)c(COCc2ccc3c(c2)OCO3)c1. The molecule has 0 fully saturated rings. The van der Waals surface area contributed by atoms with Gasteiger partial charge in [-0.2, -0.15) is 0 Å². The van der Waals surface area contributed by atoms with E-state index in [0.717, 1.165) is 16.9 Å². The monoisotopic (exact) mass is 289 g/mol. The van der Waals surface area contributed by atoms with Gasteiger partial charge < -0.3 is 19.9 Å². The minimum absolute atomic E-state index is 0.202. The summed E-state index contributed by atoms with van der Waals surface area (Å²) in [5, 5.41) is 0. The highest BCUT2D eigenvalue weighted by molar-refractivity contribution is 5.44. The molecule has 2 N–H and O–H groups in total. The molecule has 1 aliphatic rings. The van der Waals surface area contributed by atoms with E-state index < -0.39 is 0 Å². The zero-order chi connectivity index (χ0) is 14.7. The first kappa shape index (κ1) is 13.9. The van der Waals surface area contributed by atoms with Crippen molar-refractivity contribution in [2.45, 2.75) is 19.8 Å². The fourth-order valence-corrected chi connectivity index (χ4v) is 2.18. The Hall–Kier alpha value is -2.11. The fourth-order valence-electron chi connectivity index (χ4n) is 2.18. The summed E-state index contributed by atoms with van der Waals surface area (Å²) in [6.07, 6.45) is 0. The van der Waals surface area contributed by atoms with Gasteiger partial charge in [-0.1, -0.05) is 12.1 Å². The average Bonchev–Trinajstić information content (AvgIpc) is 2.97. The summed E-state index contributed by atoms with van der Waals surface area (Å²) in [5.74, 6) is 1.17. The number of benzene rings is 2. The van der Waals surface area contributed by atoms with Crippen molar-refractivity contribution < 1.29 is 18.6 Å². The van der Waals surface area contributed by atoms with Crippen molar-refractivity contribution >= 4 is 0 Å². The topological polar surface area (TPSA) is 53.7 Å². The Morgan fingerprint density at radius 2 is 1.81 bits per heavy atom. The molecule has 110 valence electrons. The number of rotatable bonds is 5. The molecular weight excluding hydrogens is 273 g/mol. The Balaban J connectivity index is 1.61. The van der Waals surface area contributed by atoms with Crippen LogP contribution in [-0.4, -0.2) is 6.79 Å². The molecule has 0 aliphatic carbocycles. The van der Waals surface area contributed by atoms with Crippen LogP contribution in [0.5, 0.6) is 11.5 Å². The van der Waals surface area contributed by atoms with E-state index in [-0.39, 0.29) is 19.2 Å². The molecule has 2 aromatic rings. The third-order valence-corrected chi connectivity index (χ3v) is 3.31. The summed E-state index contributed by atoms with van der Waals surface area (Å²) in [6, 6.07) is 10.4. The van der Waals surface area contributed by atoms with Gasteiger partial charge in [-0.15, -0.1) is 0 Å². The lowest BCUT2D eigenvalue weighted by Gasteiger charge is -2.08. The van der Waals surface area contributed by atoms with Gasteiger partial charge in [-0.05, 0) is 35.4 Å². The second kappa shape index (κ2) is 6.11. The average molecular weight is 289 g/mol. The van der Waals surface area contributed by atoms with Gasteiger partial charge in [-0.25, -0.2) is 4.39 Å². The van der Waals surface area contributed by atoms with Crippen LogP contribution in [0.25, 0.3) is 0 Å². The molecule has 0 amide bonds. The van der Waals surface area contributed by atoms with Gasteiger partial charge in [0.25, 0.3) is 0 Å². The largest absolute Gasteiger partial charge is 0.454 e. The first-order valence-corrected chi connectivity index (χ1v) is 6.70. The van der Waals surface area contributed by atoms with Crippen molar-refractivity contribution in [3.8, 4) is 11.5 Å². The Labute approximate surface area is 122 Å². The Bertz CT molecular complexity index is 645. The molecule has 1 aliphatic heterocycles. The number of halogens is 1. The van der Waals surface area contributed by atoms with Gasteiger partial charge in [0.05, 0.1) is 13.2 Å². The van der Waals surface area contributed by atoms with E-state index in [1.165, 1.54) is 6.07 Å². The molecule has 5 heteroatoms. The van der Waals surface area contributed by atoms with Crippen molar-refractivity contribution in [2.24, 2.45) is 5.73 Å². The minimum atomic E-state index is -0.280. The van der Waals surface area contributed by atoms with Gasteiger partial charge in [0.1, 0.15) is 5.82 Å². The molecular formula is C16H16FNO3. The summed E-state index contributed by atoms with van der Waals surface area (Å²) >= 11 is 0. The van der Waals surface area contributed by atoms with Crippen molar-refractivity contribution in [1.82, 2.24) is 0 Å². The third-order valence-electron chi connectivity index (χ3n) is 3.31. The molecule has 0 saturated carbocycles. The summed E-state index contributed by atoms with van der Waals surface area (Å²) in [5.41, 5.74) is 7.90. The first-order valence-electron chi connectivity index (χ1n) is 6.70. The van der Waals surface area contributed by atoms with E-state index in [9.17, 15) is 4.39 Å². The predicted octanol–water partition coefficient (Wildman–Crippen LogP) is 2.73. The van der Waals surface area contributed by atoms with Gasteiger partial charge in [0.2, 0.25) is 6.79 Å². The summed E-state index contributed by atoms with van der Waals surface area (Å²) in [4.78, 5) is 0. The maximum atomic E-state index is 13.7. The van der Waals surface area contributed by atoms with Crippen molar-refractivity contribution in [3.05, 3.63) is 58.9 Å². The van der Waals surface area contributed by atoms with E-state index in [4.69, 9.17) is 19.9 Å². The molecule has 0 bridgehead atoms. The molecule has 0 saturated heterocycles. The van der Waals surface area contributed by atoms with Crippen molar-refractivity contribution in [2.75, 3.05) is 6.79 Å². The zero-order valence-electron chi connectivity index (χ0n) is 11.5. The summed E-state index contributed by atoms with van der Waals surface area (Å²) in [6.45, 7) is 1.21. The Kier molecular flexibility index (Phi) is 4.03. The number of fused-ring (bicyclic) bond motifs is 1. The highest BCUT2D eigenvalue weighted by atomic mass is 19.1. The number of nitrogens with two attached hydrogens (primary N) is 1. The van der Waals surface area contributed by atoms with Gasteiger partial charge in [0, 0.05) is 12.1 Å². The summed E-state index contributed by atoms with van der Waals surface area (Å²) in [7, 11) is 0. The number of ether oxygens (including phenoxy) is 3. The number of hydrogen-bond donors (Lipinski definition) is 1. The maximum absolute atomic E-state index is 13.7. The van der Waals surface area contributed by atoms with Crippen LogP contribution in [0.2, 0.25) is 0 Å². The molecule has 21 heavy (non-hydrogen) atoms. The molecule has 0 unspecified atom stereocenters. The van der Waals surface area contributed by atoms with Gasteiger partial charge >= 0.3 is 0 Å².